The molecule has 1 aromatic heterocycles. The minimum Gasteiger partial charge on any atom is -0.457 e. The fourth-order valence-corrected chi connectivity index (χ4v) is 4.64. The van der Waals surface area contributed by atoms with Crippen molar-refractivity contribution < 1.29 is 14.0 Å². The third kappa shape index (κ3) is 4.75. The Morgan fingerprint density at radius 3 is 2.94 bits per heavy atom. The van der Waals surface area contributed by atoms with E-state index in [0.717, 1.165) is 18.5 Å². The Labute approximate surface area is 204 Å². The molecule has 3 aromatic rings. The van der Waals surface area contributed by atoms with Gasteiger partial charge in [-0.05, 0) is 68.9 Å². The van der Waals surface area contributed by atoms with Crippen LogP contribution in [0.4, 0.5) is 11.4 Å². The molecule has 7 heteroatoms. The number of carbonyl (C=O) groups is 2. The van der Waals surface area contributed by atoms with Gasteiger partial charge in [-0.25, -0.2) is 4.85 Å². The molecule has 2 N–H and O–H groups in total. The summed E-state index contributed by atoms with van der Waals surface area (Å²) in [6, 6.07) is 16.4. The molecule has 176 valence electrons. The molecule has 2 aliphatic rings. The van der Waals surface area contributed by atoms with Crippen molar-refractivity contribution in [2.24, 2.45) is 0 Å². The Balaban J connectivity index is 1.33. The molecule has 0 radical (unpaired) electrons. The maximum Gasteiger partial charge on any atom is 0.256 e. The summed E-state index contributed by atoms with van der Waals surface area (Å²) in [4.78, 5) is 31.0. The maximum absolute atomic E-state index is 12.8. The molecule has 1 unspecified atom stereocenters. The summed E-state index contributed by atoms with van der Waals surface area (Å²) in [7, 11) is 2.11. The summed E-state index contributed by atoms with van der Waals surface area (Å²) in [5, 5.41) is 5.89. The number of anilines is 1. The normalized spacial score (nSPS) is 18.7. The second-order valence-electron chi connectivity index (χ2n) is 8.98. The highest BCUT2D eigenvalue weighted by molar-refractivity contribution is 6.35. The minimum absolute atomic E-state index is 0.102. The number of likely N-dealkylation sites (tertiary alicyclic amines) is 1. The summed E-state index contributed by atoms with van der Waals surface area (Å²) in [5.74, 6) is 0.783. The summed E-state index contributed by atoms with van der Waals surface area (Å²) >= 11 is 0. The zero-order valence-corrected chi connectivity index (χ0v) is 19.5. The summed E-state index contributed by atoms with van der Waals surface area (Å²) < 4.78 is 6.00. The molecular formula is C28H26N4O3. The van der Waals surface area contributed by atoms with Crippen LogP contribution in [0.25, 0.3) is 27.8 Å². The van der Waals surface area contributed by atoms with Crippen LogP contribution in [0, 0.1) is 6.57 Å². The van der Waals surface area contributed by atoms with Crippen molar-refractivity contribution in [3.8, 4) is 11.3 Å². The molecule has 0 bridgehead atoms. The minimum atomic E-state index is -0.234. The van der Waals surface area contributed by atoms with Crippen LogP contribution in [0.15, 0.2) is 59.0 Å². The van der Waals surface area contributed by atoms with E-state index < -0.39 is 0 Å². The van der Waals surface area contributed by atoms with E-state index in [0.29, 0.717) is 52.2 Å². The lowest BCUT2D eigenvalue weighted by molar-refractivity contribution is -0.110. The van der Waals surface area contributed by atoms with Crippen molar-refractivity contribution in [3.63, 3.8) is 0 Å². The molecule has 2 amide bonds. The highest BCUT2D eigenvalue weighted by atomic mass is 16.3. The number of hydrogen-bond acceptors (Lipinski definition) is 4. The Morgan fingerprint density at radius 2 is 2.11 bits per heavy atom. The largest absolute Gasteiger partial charge is 0.457 e. The van der Waals surface area contributed by atoms with Gasteiger partial charge >= 0.3 is 0 Å². The van der Waals surface area contributed by atoms with Crippen molar-refractivity contribution >= 4 is 34.8 Å². The second-order valence-corrected chi connectivity index (χ2v) is 8.98. The maximum atomic E-state index is 12.8. The van der Waals surface area contributed by atoms with Crippen LogP contribution >= 0.6 is 0 Å². The lowest BCUT2D eigenvalue weighted by atomic mass is 10.0. The van der Waals surface area contributed by atoms with Crippen molar-refractivity contribution in [2.75, 3.05) is 25.5 Å². The van der Waals surface area contributed by atoms with Crippen LogP contribution in [0.5, 0.6) is 0 Å². The van der Waals surface area contributed by atoms with Gasteiger partial charge in [-0.3, -0.25) is 9.59 Å². The molecule has 1 fully saturated rings. The standard InChI is InChI=1S/C28H26N4O3/c1-29-20-9-11-25-23(15-20)24(28(34)31-25)16-22-10-12-26(35-22)18-6-5-7-19(14-18)27(33)30-17-21-8-3-4-13-32(21)2/h5-7,9-12,14-16,21H,3-4,8,13,17H2,2H3,(H,30,33)(H,31,34)/b24-16+. The molecular weight excluding hydrogens is 440 g/mol. The van der Waals surface area contributed by atoms with Crippen LogP contribution in [-0.2, 0) is 4.79 Å². The summed E-state index contributed by atoms with van der Waals surface area (Å²) in [5.41, 5.74) is 3.64. The third-order valence-corrected chi connectivity index (χ3v) is 6.66. The fraction of sp³-hybridized carbons (Fsp3) is 0.250. The number of carbonyl (C=O) groups excluding carboxylic acids is 2. The SMILES string of the molecule is [C-]#[N+]c1ccc2c(c1)/C(=C\c1ccc(-c3cccc(C(=O)NCC4CCCCN4C)c3)o1)C(=O)N2. The zero-order chi connectivity index (χ0) is 24.4. The lowest BCUT2D eigenvalue weighted by Gasteiger charge is -2.32. The number of benzene rings is 2. The summed E-state index contributed by atoms with van der Waals surface area (Å²) in [6.45, 7) is 8.93. The van der Waals surface area contributed by atoms with E-state index in [2.05, 4.69) is 27.4 Å². The van der Waals surface area contributed by atoms with Gasteiger partial charge in [0.15, 0.2) is 5.69 Å². The molecule has 0 aliphatic carbocycles. The predicted molar refractivity (Wildman–Crippen MR) is 136 cm³/mol. The number of hydrogen-bond donors (Lipinski definition) is 2. The van der Waals surface area contributed by atoms with Crippen molar-refractivity contribution in [1.82, 2.24) is 10.2 Å². The first kappa shape index (κ1) is 22.6. The Hall–Kier alpha value is -4.15. The van der Waals surface area contributed by atoms with Crippen LogP contribution in [0.3, 0.4) is 0 Å². The van der Waals surface area contributed by atoms with Crippen LogP contribution < -0.4 is 10.6 Å². The molecule has 35 heavy (non-hydrogen) atoms. The van der Waals surface area contributed by atoms with Gasteiger partial charge in [-0.2, -0.15) is 0 Å². The smallest absolute Gasteiger partial charge is 0.256 e. The fourth-order valence-electron chi connectivity index (χ4n) is 4.64. The number of nitrogens with one attached hydrogen (secondary N) is 2. The first-order valence-corrected chi connectivity index (χ1v) is 11.8. The van der Waals surface area contributed by atoms with E-state index in [9.17, 15) is 9.59 Å². The average molecular weight is 467 g/mol. The highest BCUT2D eigenvalue weighted by Gasteiger charge is 2.25. The van der Waals surface area contributed by atoms with E-state index >= 15 is 0 Å². The molecule has 1 saturated heterocycles. The molecule has 7 nitrogen and oxygen atoms in total. The first-order valence-electron chi connectivity index (χ1n) is 11.8. The van der Waals surface area contributed by atoms with E-state index in [4.69, 9.17) is 11.0 Å². The van der Waals surface area contributed by atoms with Gasteiger partial charge in [-0.1, -0.05) is 24.6 Å². The monoisotopic (exact) mass is 466 g/mol. The first-order chi connectivity index (χ1) is 17.0. The van der Waals surface area contributed by atoms with Crippen molar-refractivity contribution in [3.05, 3.63) is 82.9 Å². The zero-order valence-electron chi connectivity index (χ0n) is 19.5. The Kier molecular flexibility index (Phi) is 6.21. The van der Waals surface area contributed by atoms with Crippen LogP contribution in [-0.4, -0.2) is 42.9 Å². The van der Waals surface area contributed by atoms with Crippen molar-refractivity contribution in [2.45, 2.75) is 25.3 Å². The molecule has 5 rings (SSSR count). The van der Waals surface area contributed by atoms with Gasteiger partial charge < -0.3 is 20.0 Å². The number of piperidine rings is 1. The van der Waals surface area contributed by atoms with Crippen LogP contribution in [0.1, 0.15) is 40.9 Å². The lowest BCUT2D eigenvalue weighted by Crippen LogP contribution is -2.44. The van der Waals surface area contributed by atoms with E-state index in [1.165, 1.54) is 12.8 Å². The van der Waals surface area contributed by atoms with Gasteiger partial charge in [0.25, 0.3) is 11.8 Å². The molecule has 3 heterocycles. The number of furan rings is 1. The van der Waals surface area contributed by atoms with E-state index in [-0.39, 0.29) is 11.8 Å². The molecule has 2 aliphatic heterocycles. The van der Waals surface area contributed by atoms with Gasteiger partial charge in [0.1, 0.15) is 11.5 Å². The quantitative estimate of drug-likeness (QED) is 0.400. The summed E-state index contributed by atoms with van der Waals surface area (Å²) in [6.07, 6.45) is 5.19. The van der Waals surface area contributed by atoms with E-state index in [1.807, 2.05) is 24.3 Å². The number of rotatable bonds is 5. The van der Waals surface area contributed by atoms with Gasteiger partial charge in [0, 0.05) is 35.0 Å². The average Bonchev–Trinajstić information content (AvgIpc) is 3.47. The van der Waals surface area contributed by atoms with Crippen LogP contribution in [0.2, 0.25) is 0 Å². The third-order valence-electron chi connectivity index (χ3n) is 6.66. The molecule has 0 saturated carbocycles. The highest BCUT2D eigenvalue weighted by Crippen LogP contribution is 2.36. The molecule has 1 atom stereocenters. The van der Waals surface area contributed by atoms with Gasteiger partial charge in [0.2, 0.25) is 0 Å². The van der Waals surface area contributed by atoms with Crippen molar-refractivity contribution in [1.29, 1.82) is 0 Å². The molecule has 2 aromatic carbocycles. The predicted octanol–water partition coefficient (Wildman–Crippen LogP) is 5.20. The Morgan fingerprint density at radius 1 is 1.23 bits per heavy atom. The second kappa shape index (κ2) is 9.61. The molecule has 0 spiro atoms. The van der Waals surface area contributed by atoms with Gasteiger partial charge in [0.05, 0.1) is 12.1 Å². The van der Waals surface area contributed by atoms with E-state index in [1.54, 1.807) is 36.4 Å². The topological polar surface area (TPSA) is 78.9 Å². The number of fused-ring (bicyclic) bond motifs is 1. The van der Waals surface area contributed by atoms with Gasteiger partial charge in [-0.15, -0.1) is 0 Å². The number of likely N-dealkylation sites (N-methyl/N-ethyl adjacent to an activating group) is 1. The number of nitrogens with zero attached hydrogens (tertiary/aromatic N) is 2. The number of amides is 2. The Bertz CT molecular complexity index is 1360.